The van der Waals surface area contributed by atoms with E-state index >= 15 is 0 Å². The van der Waals surface area contributed by atoms with E-state index in [1.807, 2.05) is 30.3 Å². The smallest absolute Gasteiger partial charge is 0.221 e. The fraction of sp³-hybridized carbons (Fsp3) is 0.167. The summed E-state index contributed by atoms with van der Waals surface area (Å²) in [6.07, 6.45) is 0. The van der Waals surface area contributed by atoms with Crippen molar-refractivity contribution in [3.05, 3.63) is 54.1 Å². The number of hydrogen-bond donors (Lipinski definition) is 1. The van der Waals surface area contributed by atoms with Crippen LogP contribution in [0.5, 0.6) is 11.5 Å². The summed E-state index contributed by atoms with van der Waals surface area (Å²) in [6, 6.07) is 14.9. The van der Waals surface area contributed by atoms with Gasteiger partial charge in [0.15, 0.2) is 0 Å². The molecule has 0 aromatic heterocycles. The fourth-order valence-electron chi connectivity index (χ4n) is 1.82. The quantitative estimate of drug-likeness (QED) is 0.882. The monoisotopic (exact) mass is 295 g/mol. The van der Waals surface area contributed by atoms with E-state index in [1.54, 1.807) is 25.3 Å². The Hall–Kier alpha value is -2.93. The molecule has 0 aliphatic rings. The van der Waals surface area contributed by atoms with Gasteiger partial charge in [-0.15, -0.1) is 0 Å². The SMILES string of the molecule is COc1ccc(OCC#Cc2ccccc2)c(NC(C)=O)c1. The van der Waals surface area contributed by atoms with E-state index in [2.05, 4.69) is 17.2 Å². The molecule has 0 atom stereocenters. The maximum atomic E-state index is 11.2. The Kier molecular flexibility index (Phi) is 5.44. The second-order valence-electron chi connectivity index (χ2n) is 4.50. The van der Waals surface area contributed by atoms with Gasteiger partial charge in [-0.05, 0) is 24.3 Å². The Balaban J connectivity index is 2.06. The second-order valence-corrected chi connectivity index (χ2v) is 4.50. The molecule has 22 heavy (non-hydrogen) atoms. The van der Waals surface area contributed by atoms with Gasteiger partial charge in [-0.2, -0.15) is 0 Å². The first-order valence-electron chi connectivity index (χ1n) is 6.81. The lowest BCUT2D eigenvalue weighted by Gasteiger charge is -2.11. The molecule has 0 aliphatic heterocycles. The van der Waals surface area contributed by atoms with Crippen molar-refractivity contribution in [2.24, 2.45) is 0 Å². The number of carbonyl (C=O) groups is 1. The molecule has 4 heteroatoms. The number of anilines is 1. The molecule has 0 saturated carbocycles. The second kappa shape index (κ2) is 7.75. The highest BCUT2D eigenvalue weighted by atomic mass is 16.5. The van der Waals surface area contributed by atoms with Gasteiger partial charge in [0.2, 0.25) is 5.91 Å². The van der Waals surface area contributed by atoms with Crippen LogP contribution in [-0.2, 0) is 4.79 Å². The van der Waals surface area contributed by atoms with E-state index in [0.717, 1.165) is 5.56 Å². The Labute approximate surface area is 130 Å². The molecule has 0 aliphatic carbocycles. The van der Waals surface area contributed by atoms with Crippen molar-refractivity contribution in [1.29, 1.82) is 0 Å². The number of carbonyl (C=O) groups excluding carboxylic acids is 1. The molecular weight excluding hydrogens is 278 g/mol. The molecule has 0 saturated heterocycles. The van der Waals surface area contributed by atoms with Gasteiger partial charge in [-0.3, -0.25) is 4.79 Å². The van der Waals surface area contributed by atoms with Crippen molar-refractivity contribution < 1.29 is 14.3 Å². The molecule has 2 aromatic rings. The van der Waals surface area contributed by atoms with Gasteiger partial charge in [0.1, 0.15) is 18.1 Å². The highest BCUT2D eigenvalue weighted by Crippen LogP contribution is 2.29. The number of rotatable bonds is 4. The molecule has 2 aromatic carbocycles. The summed E-state index contributed by atoms with van der Waals surface area (Å²) in [5, 5.41) is 2.71. The predicted molar refractivity (Wildman–Crippen MR) is 86.1 cm³/mol. The first kappa shape index (κ1) is 15.5. The van der Waals surface area contributed by atoms with Crippen molar-refractivity contribution in [1.82, 2.24) is 0 Å². The van der Waals surface area contributed by atoms with Gasteiger partial charge in [0.05, 0.1) is 12.8 Å². The lowest BCUT2D eigenvalue weighted by atomic mass is 10.2. The number of hydrogen-bond acceptors (Lipinski definition) is 3. The summed E-state index contributed by atoms with van der Waals surface area (Å²) >= 11 is 0. The van der Waals surface area contributed by atoms with Crippen LogP contribution in [0.15, 0.2) is 48.5 Å². The first-order chi connectivity index (χ1) is 10.7. The summed E-state index contributed by atoms with van der Waals surface area (Å²) in [6.45, 7) is 1.67. The third-order valence-electron chi connectivity index (χ3n) is 2.80. The maximum Gasteiger partial charge on any atom is 0.221 e. The van der Waals surface area contributed by atoms with Crippen LogP contribution in [-0.4, -0.2) is 19.6 Å². The molecular formula is C18H17NO3. The van der Waals surface area contributed by atoms with Crippen molar-refractivity contribution in [3.63, 3.8) is 0 Å². The van der Waals surface area contributed by atoms with E-state index < -0.39 is 0 Å². The summed E-state index contributed by atoms with van der Waals surface area (Å²) in [4.78, 5) is 11.2. The minimum atomic E-state index is -0.173. The largest absolute Gasteiger partial charge is 0.497 e. The van der Waals surface area contributed by atoms with Crippen molar-refractivity contribution in [2.75, 3.05) is 19.0 Å². The average Bonchev–Trinajstić information content (AvgIpc) is 2.53. The van der Waals surface area contributed by atoms with Crippen LogP contribution in [0.2, 0.25) is 0 Å². The van der Waals surface area contributed by atoms with Crippen LogP contribution >= 0.6 is 0 Å². The van der Waals surface area contributed by atoms with E-state index in [4.69, 9.17) is 9.47 Å². The molecule has 4 nitrogen and oxygen atoms in total. The fourth-order valence-corrected chi connectivity index (χ4v) is 1.82. The number of methoxy groups -OCH3 is 1. The summed E-state index contributed by atoms with van der Waals surface area (Å²) in [5.41, 5.74) is 1.50. The van der Waals surface area contributed by atoms with Crippen molar-refractivity contribution in [3.8, 4) is 23.3 Å². The van der Waals surface area contributed by atoms with Crippen LogP contribution in [0.1, 0.15) is 12.5 Å². The van der Waals surface area contributed by atoms with Gasteiger partial charge in [0.25, 0.3) is 0 Å². The average molecular weight is 295 g/mol. The van der Waals surface area contributed by atoms with Crippen LogP contribution < -0.4 is 14.8 Å². The molecule has 0 unspecified atom stereocenters. The van der Waals surface area contributed by atoms with E-state index in [1.165, 1.54) is 6.92 Å². The Bertz CT molecular complexity index is 699. The normalized spacial score (nSPS) is 9.36. The zero-order valence-electron chi connectivity index (χ0n) is 12.6. The predicted octanol–water partition coefficient (Wildman–Crippen LogP) is 3.08. The zero-order chi connectivity index (χ0) is 15.8. The molecule has 2 rings (SSSR count). The Morgan fingerprint density at radius 1 is 1.18 bits per heavy atom. The summed E-state index contributed by atoms with van der Waals surface area (Å²) in [7, 11) is 1.57. The third-order valence-corrected chi connectivity index (χ3v) is 2.80. The minimum absolute atomic E-state index is 0.173. The molecule has 1 amide bonds. The Morgan fingerprint density at radius 3 is 2.64 bits per heavy atom. The van der Waals surface area contributed by atoms with Gasteiger partial charge in [-0.25, -0.2) is 0 Å². The Morgan fingerprint density at radius 2 is 1.95 bits per heavy atom. The van der Waals surface area contributed by atoms with Crippen molar-refractivity contribution in [2.45, 2.75) is 6.92 Å². The molecule has 0 spiro atoms. The molecule has 0 bridgehead atoms. The van der Waals surface area contributed by atoms with Gasteiger partial charge in [-0.1, -0.05) is 30.0 Å². The lowest BCUT2D eigenvalue weighted by Crippen LogP contribution is -2.08. The van der Waals surface area contributed by atoms with E-state index in [0.29, 0.717) is 17.2 Å². The van der Waals surface area contributed by atoms with Gasteiger partial charge in [0, 0.05) is 18.6 Å². The van der Waals surface area contributed by atoms with Gasteiger partial charge < -0.3 is 14.8 Å². The number of ether oxygens (including phenoxy) is 2. The molecule has 0 heterocycles. The first-order valence-corrected chi connectivity index (χ1v) is 6.81. The van der Waals surface area contributed by atoms with Crippen LogP contribution in [0, 0.1) is 11.8 Å². The number of nitrogens with one attached hydrogen (secondary N) is 1. The maximum absolute atomic E-state index is 11.2. The topological polar surface area (TPSA) is 47.6 Å². The molecule has 1 N–H and O–H groups in total. The van der Waals surface area contributed by atoms with E-state index in [-0.39, 0.29) is 12.5 Å². The van der Waals surface area contributed by atoms with Crippen LogP contribution in [0.3, 0.4) is 0 Å². The lowest BCUT2D eigenvalue weighted by molar-refractivity contribution is -0.114. The molecule has 0 fully saturated rings. The standard InChI is InChI=1S/C18H17NO3/c1-14(20)19-17-13-16(21-2)10-11-18(17)22-12-6-9-15-7-4-3-5-8-15/h3-5,7-8,10-11,13H,12H2,1-2H3,(H,19,20). The number of amides is 1. The third kappa shape index (κ3) is 4.57. The highest BCUT2D eigenvalue weighted by molar-refractivity contribution is 5.90. The van der Waals surface area contributed by atoms with E-state index in [9.17, 15) is 4.79 Å². The summed E-state index contributed by atoms with van der Waals surface area (Å²) < 4.78 is 10.8. The highest BCUT2D eigenvalue weighted by Gasteiger charge is 2.06. The minimum Gasteiger partial charge on any atom is -0.497 e. The zero-order valence-corrected chi connectivity index (χ0v) is 12.6. The molecule has 0 radical (unpaired) electrons. The molecule has 112 valence electrons. The summed E-state index contributed by atoms with van der Waals surface area (Å²) in [5.74, 6) is 6.98. The van der Waals surface area contributed by atoms with Gasteiger partial charge >= 0.3 is 0 Å². The van der Waals surface area contributed by atoms with Crippen molar-refractivity contribution >= 4 is 11.6 Å². The van der Waals surface area contributed by atoms with Crippen LogP contribution in [0.25, 0.3) is 0 Å². The van der Waals surface area contributed by atoms with Crippen LogP contribution in [0.4, 0.5) is 5.69 Å². The number of benzene rings is 2.